The van der Waals surface area contributed by atoms with Gasteiger partial charge in [0.25, 0.3) is 5.91 Å². The van der Waals surface area contributed by atoms with Crippen LogP contribution < -0.4 is 5.32 Å². The van der Waals surface area contributed by atoms with Gasteiger partial charge < -0.3 is 9.88 Å². The molecule has 0 spiro atoms. The Balaban J connectivity index is 1.37. The molecule has 0 saturated carbocycles. The van der Waals surface area contributed by atoms with Crippen molar-refractivity contribution >= 4 is 16.8 Å². The fourth-order valence-electron chi connectivity index (χ4n) is 4.57. The molecule has 1 N–H and O–H groups in total. The minimum Gasteiger partial charge on any atom is -0.348 e. The van der Waals surface area contributed by atoms with E-state index in [1.165, 1.54) is 28.6 Å². The number of benzene rings is 3. The van der Waals surface area contributed by atoms with Crippen molar-refractivity contribution in [3.8, 4) is 16.9 Å². The summed E-state index contributed by atoms with van der Waals surface area (Å²) in [6.07, 6.45) is 3.85. The number of carbonyl (C=O) groups is 1. The predicted molar refractivity (Wildman–Crippen MR) is 140 cm³/mol. The molecule has 1 amide bonds. The molecule has 0 bridgehead atoms. The maximum Gasteiger partial charge on any atom is 0.274 e. The Bertz CT molecular complexity index is 1490. The molecule has 0 saturated heterocycles. The van der Waals surface area contributed by atoms with Crippen LogP contribution in [0.25, 0.3) is 27.8 Å². The first kappa shape index (κ1) is 23.5. The third-order valence-corrected chi connectivity index (χ3v) is 6.44. The van der Waals surface area contributed by atoms with E-state index in [-0.39, 0.29) is 23.5 Å². The van der Waals surface area contributed by atoms with Crippen LogP contribution >= 0.6 is 0 Å². The smallest absolute Gasteiger partial charge is 0.274 e. The molecule has 7 heteroatoms. The minimum atomic E-state index is -0.339. The van der Waals surface area contributed by atoms with E-state index in [0.717, 1.165) is 24.9 Å². The highest BCUT2D eigenvalue weighted by Gasteiger charge is 2.23. The van der Waals surface area contributed by atoms with E-state index in [4.69, 9.17) is 0 Å². The highest BCUT2D eigenvalue weighted by atomic mass is 19.1. The molecule has 1 atom stereocenters. The second kappa shape index (κ2) is 10.2. The molecule has 182 valence electrons. The summed E-state index contributed by atoms with van der Waals surface area (Å²) in [7, 11) is 0. The number of hydrogen-bond donors (Lipinski definition) is 1. The molecule has 0 unspecified atom stereocenters. The zero-order valence-electron chi connectivity index (χ0n) is 20.4. The van der Waals surface area contributed by atoms with Crippen molar-refractivity contribution in [2.75, 3.05) is 0 Å². The van der Waals surface area contributed by atoms with Crippen molar-refractivity contribution < 1.29 is 9.18 Å². The standard InChI is InChI=1S/C29H28FN5O/c1-3-34-19-22(25-11-7-8-12-26(25)34)14-13-20(2)31-29(36)27-28(21-9-5-4-6-10-21)35(33-32-27)24-17-15-23(30)16-18-24/h4-12,15-20H,3,13-14H2,1-2H3,(H,31,36)/t20-/m1/s1. The summed E-state index contributed by atoms with van der Waals surface area (Å²) in [6.45, 7) is 5.06. The predicted octanol–water partition coefficient (Wildman–Crippen LogP) is 5.80. The number of nitrogens with one attached hydrogen (secondary N) is 1. The largest absolute Gasteiger partial charge is 0.348 e. The van der Waals surface area contributed by atoms with Crippen molar-refractivity contribution in [1.82, 2.24) is 24.9 Å². The number of aryl methyl sites for hydroxylation is 2. The fourth-order valence-corrected chi connectivity index (χ4v) is 4.57. The number of para-hydroxylation sites is 1. The van der Waals surface area contributed by atoms with Crippen LogP contribution in [0.3, 0.4) is 0 Å². The van der Waals surface area contributed by atoms with Gasteiger partial charge in [-0.1, -0.05) is 53.7 Å². The van der Waals surface area contributed by atoms with E-state index in [1.54, 1.807) is 16.8 Å². The summed E-state index contributed by atoms with van der Waals surface area (Å²) >= 11 is 0. The lowest BCUT2D eigenvalue weighted by molar-refractivity contribution is 0.0934. The number of halogens is 1. The van der Waals surface area contributed by atoms with Gasteiger partial charge in [0.15, 0.2) is 5.69 Å². The van der Waals surface area contributed by atoms with Gasteiger partial charge in [-0.15, -0.1) is 5.10 Å². The molecule has 0 aliphatic carbocycles. The fraction of sp³-hybridized carbons (Fsp3) is 0.207. The summed E-state index contributed by atoms with van der Waals surface area (Å²) in [5.41, 5.74) is 4.74. The van der Waals surface area contributed by atoms with Crippen LogP contribution in [0.1, 0.15) is 36.3 Å². The number of hydrogen-bond acceptors (Lipinski definition) is 3. The summed E-state index contributed by atoms with van der Waals surface area (Å²) in [5.74, 6) is -0.625. The summed E-state index contributed by atoms with van der Waals surface area (Å²) in [5, 5.41) is 12.8. The van der Waals surface area contributed by atoms with Crippen molar-refractivity contribution in [3.05, 3.63) is 102 Å². The number of aromatic nitrogens is 4. The van der Waals surface area contributed by atoms with Crippen LogP contribution in [0.4, 0.5) is 4.39 Å². The normalized spacial score (nSPS) is 12.1. The number of rotatable bonds is 8. The SMILES string of the molecule is CCn1cc(CC[C@@H](C)NC(=O)c2nnn(-c3ccc(F)cc3)c2-c2ccccc2)c2ccccc21. The first-order valence-electron chi connectivity index (χ1n) is 12.2. The van der Waals surface area contributed by atoms with Crippen LogP contribution in [-0.4, -0.2) is 31.5 Å². The van der Waals surface area contributed by atoms with E-state index < -0.39 is 0 Å². The molecule has 5 aromatic rings. The van der Waals surface area contributed by atoms with Gasteiger partial charge in [-0.2, -0.15) is 0 Å². The van der Waals surface area contributed by atoms with E-state index in [0.29, 0.717) is 11.4 Å². The minimum absolute atomic E-state index is 0.0687. The second-order valence-electron chi connectivity index (χ2n) is 8.91. The topological polar surface area (TPSA) is 64.7 Å². The zero-order valence-corrected chi connectivity index (χ0v) is 20.4. The van der Waals surface area contributed by atoms with Gasteiger partial charge in [0, 0.05) is 35.2 Å². The Morgan fingerprint density at radius 1 is 1.00 bits per heavy atom. The number of nitrogens with zero attached hydrogens (tertiary/aromatic N) is 4. The Labute approximate surface area is 209 Å². The van der Waals surface area contributed by atoms with Gasteiger partial charge in [0.05, 0.1) is 5.69 Å². The molecule has 0 fully saturated rings. The second-order valence-corrected chi connectivity index (χ2v) is 8.91. The number of amides is 1. The van der Waals surface area contributed by atoms with Gasteiger partial charge in [0.1, 0.15) is 11.5 Å². The Morgan fingerprint density at radius 2 is 1.72 bits per heavy atom. The average molecular weight is 482 g/mol. The molecule has 0 radical (unpaired) electrons. The zero-order chi connectivity index (χ0) is 25.1. The molecule has 2 heterocycles. The Hall–Kier alpha value is -4.26. The molecule has 5 rings (SSSR count). The van der Waals surface area contributed by atoms with Crippen LogP contribution in [0.2, 0.25) is 0 Å². The molecule has 3 aromatic carbocycles. The van der Waals surface area contributed by atoms with Gasteiger partial charge in [0.2, 0.25) is 0 Å². The lowest BCUT2D eigenvalue weighted by Gasteiger charge is -2.14. The molecular formula is C29H28FN5O. The molecular weight excluding hydrogens is 453 g/mol. The molecule has 6 nitrogen and oxygen atoms in total. The van der Waals surface area contributed by atoms with Crippen LogP contribution in [-0.2, 0) is 13.0 Å². The highest BCUT2D eigenvalue weighted by Crippen LogP contribution is 2.26. The van der Waals surface area contributed by atoms with E-state index in [9.17, 15) is 9.18 Å². The average Bonchev–Trinajstić information content (AvgIpc) is 3.50. The van der Waals surface area contributed by atoms with Crippen LogP contribution in [0, 0.1) is 5.82 Å². The van der Waals surface area contributed by atoms with Crippen LogP contribution in [0.15, 0.2) is 85.1 Å². The summed E-state index contributed by atoms with van der Waals surface area (Å²) < 4.78 is 17.3. The third-order valence-electron chi connectivity index (χ3n) is 6.44. The van der Waals surface area contributed by atoms with Crippen molar-refractivity contribution in [3.63, 3.8) is 0 Å². The maximum absolute atomic E-state index is 13.5. The summed E-state index contributed by atoms with van der Waals surface area (Å²) in [6, 6.07) is 23.8. The maximum atomic E-state index is 13.5. The third kappa shape index (κ3) is 4.64. The highest BCUT2D eigenvalue weighted by molar-refractivity contribution is 5.98. The van der Waals surface area contributed by atoms with Crippen molar-refractivity contribution in [1.29, 1.82) is 0 Å². The van der Waals surface area contributed by atoms with Gasteiger partial charge in [-0.25, -0.2) is 9.07 Å². The first-order chi connectivity index (χ1) is 17.5. The van der Waals surface area contributed by atoms with Gasteiger partial charge in [-0.3, -0.25) is 4.79 Å². The van der Waals surface area contributed by atoms with E-state index in [1.807, 2.05) is 37.3 Å². The number of fused-ring (bicyclic) bond motifs is 1. The molecule has 0 aliphatic rings. The van der Waals surface area contributed by atoms with Crippen molar-refractivity contribution in [2.45, 2.75) is 39.3 Å². The Morgan fingerprint density at radius 3 is 2.47 bits per heavy atom. The van der Waals surface area contributed by atoms with E-state index >= 15 is 0 Å². The lowest BCUT2D eigenvalue weighted by atomic mass is 10.0. The van der Waals surface area contributed by atoms with E-state index in [2.05, 4.69) is 57.6 Å². The Kier molecular flexibility index (Phi) is 6.62. The van der Waals surface area contributed by atoms with Crippen LogP contribution in [0.5, 0.6) is 0 Å². The summed E-state index contributed by atoms with van der Waals surface area (Å²) in [4.78, 5) is 13.3. The van der Waals surface area contributed by atoms with Crippen molar-refractivity contribution in [2.24, 2.45) is 0 Å². The van der Waals surface area contributed by atoms with Gasteiger partial charge >= 0.3 is 0 Å². The first-order valence-corrected chi connectivity index (χ1v) is 12.2. The molecule has 2 aromatic heterocycles. The lowest BCUT2D eigenvalue weighted by Crippen LogP contribution is -2.33. The quantitative estimate of drug-likeness (QED) is 0.305. The molecule has 36 heavy (non-hydrogen) atoms. The van der Waals surface area contributed by atoms with Gasteiger partial charge in [-0.05, 0) is 62.6 Å². The number of carbonyl (C=O) groups excluding carboxylic acids is 1. The molecule has 0 aliphatic heterocycles. The monoisotopic (exact) mass is 481 g/mol.